The van der Waals surface area contributed by atoms with Crippen molar-refractivity contribution in [2.75, 3.05) is 19.6 Å². The first-order chi connectivity index (χ1) is 8.22. The molecule has 0 saturated carbocycles. The van der Waals surface area contributed by atoms with Gasteiger partial charge in [-0.05, 0) is 19.6 Å². The Morgan fingerprint density at radius 1 is 1.06 bits per heavy atom. The van der Waals surface area contributed by atoms with E-state index >= 15 is 0 Å². The van der Waals surface area contributed by atoms with E-state index in [0.29, 0.717) is 11.2 Å². The Kier molecular flexibility index (Phi) is 5.35. The highest BCUT2D eigenvalue weighted by Crippen LogP contribution is 1.94. The maximum absolute atomic E-state index is 10.9. The lowest BCUT2D eigenvalue weighted by molar-refractivity contribution is 0.321. The first-order valence-electron chi connectivity index (χ1n) is 5.82. The number of aromatic amines is 2. The fourth-order valence-corrected chi connectivity index (χ4v) is 1.45. The van der Waals surface area contributed by atoms with Gasteiger partial charge >= 0.3 is 0 Å². The van der Waals surface area contributed by atoms with Crippen LogP contribution < -0.4 is 5.56 Å². The van der Waals surface area contributed by atoms with Gasteiger partial charge < -0.3 is 14.9 Å². The third-order valence-corrected chi connectivity index (χ3v) is 2.57. The molecule has 2 N–H and O–H groups in total. The van der Waals surface area contributed by atoms with Crippen LogP contribution in [0.25, 0.3) is 11.2 Å². The van der Waals surface area contributed by atoms with Crippen molar-refractivity contribution < 1.29 is 0 Å². The van der Waals surface area contributed by atoms with E-state index in [9.17, 15) is 4.79 Å². The van der Waals surface area contributed by atoms with Gasteiger partial charge in [0.25, 0.3) is 5.56 Å². The van der Waals surface area contributed by atoms with E-state index < -0.39 is 0 Å². The second-order valence-electron chi connectivity index (χ2n) is 3.45. The highest BCUT2D eigenvalue weighted by Gasteiger charge is 1.98. The number of nitrogens with one attached hydrogen (secondary N) is 2. The average Bonchev–Trinajstić information content (AvgIpc) is 2.82. The van der Waals surface area contributed by atoms with Crippen LogP contribution in [0.5, 0.6) is 0 Å². The van der Waals surface area contributed by atoms with E-state index in [-0.39, 0.29) is 5.56 Å². The minimum atomic E-state index is -0.216. The summed E-state index contributed by atoms with van der Waals surface area (Å²) < 4.78 is 0. The van der Waals surface area contributed by atoms with Crippen molar-refractivity contribution in [2.45, 2.75) is 20.8 Å². The third kappa shape index (κ3) is 3.67. The number of fused-ring (bicyclic) bond motifs is 1. The van der Waals surface area contributed by atoms with Crippen molar-refractivity contribution in [1.82, 2.24) is 24.8 Å². The van der Waals surface area contributed by atoms with Gasteiger partial charge in [0.05, 0.1) is 12.7 Å². The number of nitrogens with zero attached hydrogens (tertiary/aromatic N) is 3. The van der Waals surface area contributed by atoms with E-state index in [1.165, 1.54) is 32.3 Å². The number of hydrogen-bond donors (Lipinski definition) is 2. The van der Waals surface area contributed by atoms with Crippen molar-refractivity contribution in [3.8, 4) is 0 Å². The Balaban J connectivity index is 0.000000185. The highest BCUT2D eigenvalue weighted by atomic mass is 16.1. The molecule has 0 bridgehead atoms. The Morgan fingerprint density at radius 3 is 2.12 bits per heavy atom. The maximum Gasteiger partial charge on any atom is 0.278 e. The van der Waals surface area contributed by atoms with Crippen molar-refractivity contribution in [2.24, 2.45) is 0 Å². The summed E-state index contributed by atoms with van der Waals surface area (Å²) in [6.45, 7) is 10.1. The van der Waals surface area contributed by atoms with Gasteiger partial charge in [0.2, 0.25) is 0 Å². The molecule has 0 aliphatic carbocycles. The van der Waals surface area contributed by atoms with E-state index in [1.54, 1.807) is 0 Å². The predicted molar refractivity (Wildman–Crippen MR) is 68.0 cm³/mol. The average molecular weight is 237 g/mol. The van der Waals surface area contributed by atoms with Crippen LogP contribution in [0.1, 0.15) is 20.8 Å². The Labute approximate surface area is 100 Å². The molecule has 6 nitrogen and oxygen atoms in total. The van der Waals surface area contributed by atoms with Gasteiger partial charge in [-0.15, -0.1) is 0 Å². The van der Waals surface area contributed by atoms with E-state index in [1.807, 2.05) is 0 Å². The van der Waals surface area contributed by atoms with Crippen LogP contribution in [0.3, 0.4) is 0 Å². The largest absolute Gasteiger partial charge is 0.329 e. The van der Waals surface area contributed by atoms with Gasteiger partial charge in [-0.3, -0.25) is 4.79 Å². The van der Waals surface area contributed by atoms with E-state index in [4.69, 9.17) is 0 Å². The zero-order valence-electron chi connectivity index (χ0n) is 10.5. The number of H-pyrrole nitrogens is 2. The van der Waals surface area contributed by atoms with Crippen LogP contribution in [-0.4, -0.2) is 44.5 Å². The SMILES string of the molecule is CCN(CC)CC.O=c1[nH]cnc2[nH]cnc12. The molecule has 0 aromatic carbocycles. The molecule has 2 rings (SSSR count). The molecule has 0 aliphatic heterocycles. The molecule has 0 unspecified atom stereocenters. The van der Waals surface area contributed by atoms with Crippen LogP contribution in [0.4, 0.5) is 0 Å². The third-order valence-electron chi connectivity index (χ3n) is 2.57. The smallest absolute Gasteiger partial charge is 0.278 e. The number of aromatic nitrogens is 4. The molecule has 0 radical (unpaired) electrons. The fourth-order valence-electron chi connectivity index (χ4n) is 1.45. The summed E-state index contributed by atoms with van der Waals surface area (Å²) in [5.74, 6) is 0. The zero-order valence-corrected chi connectivity index (χ0v) is 10.5. The summed E-state index contributed by atoms with van der Waals surface area (Å²) in [5, 5.41) is 0. The first-order valence-corrected chi connectivity index (χ1v) is 5.82. The maximum atomic E-state index is 10.9. The Bertz CT molecular complexity index is 480. The van der Waals surface area contributed by atoms with Crippen molar-refractivity contribution in [1.29, 1.82) is 0 Å². The van der Waals surface area contributed by atoms with Crippen LogP contribution in [0.2, 0.25) is 0 Å². The molecule has 94 valence electrons. The van der Waals surface area contributed by atoms with Crippen molar-refractivity contribution >= 4 is 11.2 Å². The molecule has 0 atom stereocenters. The summed E-state index contributed by atoms with van der Waals surface area (Å²) in [7, 11) is 0. The highest BCUT2D eigenvalue weighted by molar-refractivity contribution is 5.67. The Morgan fingerprint density at radius 2 is 1.65 bits per heavy atom. The summed E-state index contributed by atoms with van der Waals surface area (Å²) in [4.78, 5) is 26.0. The second-order valence-corrected chi connectivity index (χ2v) is 3.45. The molecule has 0 amide bonds. The topological polar surface area (TPSA) is 77.7 Å². The predicted octanol–water partition coefficient (Wildman–Crippen LogP) is 0.994. The number of hydrogen-bond acceptors (Lipinski definition) is 4. The van der Waals surface area contributed by atoms with Crippen LogP contribution in [0.15, 0.2) is 17.4 Å². The summed E-state index contributed by atoms with van der Waals surface area (Å²) in [6.07, 6.45) is 2.77. The zero-order chi connectivity index (χ0) is 12.7. The first kappa shape index (κ1) is 13.4. The van der Waals surface area contributed by atoms with E-state index in [2.05, 4.69) is 45.6 Å². The summed E-state index contributed by atoms with van der Waals surface area (Å²) in [6, 6.07) is 0. The number of rotatable bonds is 3. The van der Waals surface area contributed by atoms with Gasteiger partial charge in [-0.2, -0.15) is 0 Å². The molecule has 0 saturated heterocycles. The molecule has 2 aromatic rings. The normalized spacial score (nSPS) is 10.4. The molecule has 17 heavy (non-hydrogen) atoms. The van der Waals surface area contributed by atoms with Gasteiger partial charge in [0, 0.05) is 0 Å². The van der Waals surface area contributed by atoms with Gasteiger partial charge in [-0.25, -0.2) is 9.97 Å². The second kappa shape index (κ2) is 6.80. The standard InChI is InChI=1S/C6H15N.C5H4N4O/c1-4-7(5-2)6-3;10-5-3-4(7-1-6-3)8-2-9-5/h4-6H2,1-3H3;1-2H,(H2,6,7,8,9,10). The molecular weight excluding hydrogens is 218 g/mol. The summed E-state index contributed by atoms with van der Waals surface area (Å²) in [5.41, 5.74) is 0.650. The molecule has 2 aromatic heterocycles. The minimum Gasteiger partial charge on any atom is -0.329 e. The molecule has 0 aliphatic rings. The van der Waals surface area contributed by atoms with Gasteiger partial charge in [0.15, 0.2) is 11.2 Å². The lowest BCUT2D eigenvalue weighted by Gasteiger charge is -2.13. The van der Waals surface area contributed by atoms with E-state index in [0.717, 1.165) is 0 Å². The monoisotopic (exact) mass is 237 g/mol. The molecule has 6 heteroatoms. The Hall–Kier alpha value is -1.69. The number of imidazole rings is 1. The van der Waals surface area contributed by atoms with Crippen LogP contribution in [0, 0.1) is 0 Å². The van der Waals surface area contributed by atoms with Crippen molar-refractivity contribution in [3.05, 3.63) is 23.0 Å². The molecule has 2 heterocycles. The lowest BCUT2D eigenvalue weighted by atomic mass is 10.5. The van der Waals surface area contributed by atoms with Crippen molar-refractivity contribution in [3.63, 3.8) is 0 Å². The minimum absolute atomic E-state index is 0.216. The summed E-state index contributed by atoms with van der Waals surface area (Å²) >= 11 is 0. The van der Waals surface area contributed by atoms with Gasteiger partial charge in [-0.1, -0.05) is 20.8 Å². The van der Waals surface area contributed by atoms with Crippen LogP contribution >= 0.6 is 0 Å². The van der Waals surface area contributed by atoms with Gasteiger partial charge in [0.1, 0.15) is 0 Å². The van der Waals surface area contributed by atoms with Crippen LogP contribution in [-0.2, 0) is 0 Å². The lowest BCUT2D eigenvalue weighted by Crippen LogP contribution is -2.21. The molecule has 0 spiro atoms. The fraction of sp³-hybridized carbons (Fsp3) is 0.545. The molecular formula is C11H19N5O. The quantitative estimate of drug-likeness (QED) is 0.834. The molecule has 0 fully saturated rings.